The summed E-state index contributed by atoms with van der Waals surface area (Å²) in [4.78, 5) is 14.4. The Morgan fingerprint density at radius 1 is 1.50 bits per heavy atom. The van der Waals surface area contributed by atoms with Crippen LogP contribution in [0.5, 0.6) is 0 Å². The summed E-state index contributed by atoms with van der Waals surface area (Å²) in [7, 11) is -3.96. The average Bonchev–Trinajstić information content (AvgIpc) is 2.75. The Bertz CT molecular complexity index is 769. The van der Waals surface area contributed by atoms with Gasteiger partial charge in [0.25, 0.3) is 10.0 Å². The maximum atomic E-state index is 12.2. The third-order valence-corrected chi connectivity index (χ3v) is 4.48. The van der Waals surface area contributed by atoms with Crippen molar-refractivity contribution >= 4 is 37.6 Å². The Balaban J connectivity index is 2.41. The van der Waals surface area contributed by atoms with Crippen LogP contribution in [-0.4, -0.2) is 24.5 Å². The number of halogens is 1. The summed E-state index contributed by atoms with van der Waals surface area (Å²) in [5.41, 5.74) is 0.241. The van der Waals surface area contributed by atoms with E-state index in [4.69, 9.17) is 9.52 Å². The molecule has 20 heavy (non-hydrogen) atoms. The normalized spacial score (nSPS) is 11.3. The van der Waals surface area contributed by atoms with Crippen LogP contribution in [0.15, 0.2) is 38.3 Å². The smallest absolute Gasteiger partial charge is 0.371 e. The molecular formula is C11H9BrN2O5S. The number of carbonyl (C=O) groups is 1. The number of sulfonamides is 1. The fourth-order valence-electron chi connectivity index (χ4n) is 1.50. The zero-order chi connectivity index (χ0) is 14.9. The summed E-state index contributed by atoms with van der Waals surface area (Å²) in [5, 5.41) is 8.80. The van der Waals surface area contributed by atoms with Gasteiger partial charge in [0.1, 0.15) is 15.3 Å². The number of nitrogens with one attached hydrogen (secondary N) is 1. The lowest BCUT2D eigenvalue weighted by Crippen LogP contribution is -2.13. The van der Waals surface area contributed by atoms with Crippen LogP contribution < -0.4 is 4.72 Å². The predicted octanol–water partition coefficient (Wildman–Crippen LogP) is 2.24. The van der Waals surface area contributed by atoms with Crippen LogP contribution in [0.3, 0.4) is 0 Å². The number of rotatable bonds is 4. The van der Waals surface area contributed by atoms with Gasteiger partial charge >= 0.3 is 5.97 Å². The Hall–Kier alpha value is -1.87. The van der Waals surface area contributed by atoms with Gasteiger partial charge in [-0.05, 0) is 35.0 Å². The third-order valence-electron chi connectivity index (χ3n) is 2.38. The summed E-state index contributed by atoms with van der Waals surface area (Å²) in [6, 6.07) is 4.04. The van der Waals surface area contributed by atoms with E-state index in [-0.39, 0.29) is 16.3 Å². The van der Waals surface area contributed by atoms with Gasteiger partial charge in [0.15, 0.2) is 0 Å². The second kappa shape index (κ2) is 5.25. The summed E-state index contributed by atoms with van der Waals surface area (Å²) in [6.07, 6.45) is 1.49. The van der Waals surface area contributed by atoms with Gasteiger partial charge in [-0.15, -0.1) is 0 Å². The number of aromatic carboxylic acids is 1. The van der Waals surface area contributed by atoms with Gasteiger partial charge in [-0.2, -0.15) is 0 Å². The quantitative estimate of drug-likeness (QED) is 0.809. The van der Waals surface area contributed by atoms with Crippen LogP contribution in [0, 0.1) is 6.92 Å². The SMILES string of the molecule is Cc1oc(C(=O)O)cc1S(=O)(=O)Nc1cccnc1Br. The van der Waals surface area contributed by atoms with Gasteiger partial charge < -0.3 is 9.52 Å². The van der Waals surface area contributed by atoms with E-state index in [0.29, 0.717) is 4.60 Å². The van der Waals surface area contributed by atoms with Crippen molar-refractivity contribution in [2.24, 2.45) is 0 Å². The fraction of sp³-hybridized carbons (Fsp3) is 0.0909. The molecule has 0 radical (unpaired) electrons. The zero-order valence-electron chi connectivity index (χ0n) is 10.1. The van der Waals surface area contributed by atoms with Gasteiger partial charge in [-0.3, -0.25) is 4.72 Å². The van der Waals surface area contributed by atoms with Gasteiger partial charge in [0.2, 0.25) is 5.76 Å². The predicted molar refractivity (Wildman–Crippen MR) is 73.1 cm³/mol. The Kier molecular flexibility index (Phi) is 3.82. The number of pyridine rings is 1. The molecule has 2 rings (SSSR count). The first-order chi connectivity index (χ1) is 9.31. The van der Waals surface area contributed by atoms with Crippen molar-refractivity contribution in [3.05, 3.63) is 40.5 Å². The number of hydrogen-bond acceptors (Lipinski definition) is 5. The summed E-state index contributed by atoms with van der Waals surface area (Å²) >= 11 is 3.11. The number of anilines is 1. The first-order valence-corrected chi connectivity index (χ1v) is 7.56. The maximum Gasteiger partial charge on any atom is 0.371 e. The molecule has 0 aliphatic rings. The summed E-state index contributed by atoms with van der Waals surface area (Å²) in [5.74, 6) is -1.78. The second-order valence-corrected chi connectivity index (χ2v) is 6.19. The Labute approximate surface area is 122 Å². The monoisotopic (exact) mass is 360 g/mol. The Morgan fingerprint density at radius 3 is 2.75 bits per heavy atom. The molecule has 0 saturated carbocycles. The minimum Gasteiger partial charge on any atom is -0.475 e. The molecule has 0 atom stereocenters. The van der Waals surface area contributed by atoms with Crippen molar-refractivity contribution in [2.75, 3.05) is 4.72 Å². The number of aromatic nitrogens is 1. The van der Waals surface area contributed by atoms with E-state index >= 15 is 0 Å². The molecule has 0 amide bonds. The number of carboxylic acids is 1. The van der Waals surface area contributed by atoms with Crippen molar-refractivity contribution in [2.45, 2.75) is 11.8 Å². The maximum absolute atomic E-state index is 12.2. The second-order valence-electron chi connectivity index (χ2n) is 3.78. The topological polar surface area (TPSA) is 109 Å². The van der Waals surface area contributed by atoms with E-state index in [1.807, 2.05) is 0 Å². The van der Waals surface area contributed by atoms with E-state index in [0.717, 1.165) is 6.07 Å². The van der Waals surface area contributed by atoms with E-state index < -0.39 is 21.8 Å². The van der Waals surface area contributed by atoms with Crippen LogP contribution >= 0.6 is 15.9 Å². The third kappa shape index (κ3) is 2.83. The van der Waals surface area contributed by atoms with Crippen molar-refractivity contribution in [1.29, 1.82) is 0 Å². The largest absolute Gasteiger partial charge is 0.475 e. The van der Waals surface area contributed by atoms with Gasteiger partial charge in [0, 0.05) is 12.3 Å². The van der Waals surface area contributed by atoms with E-state index in [1.54, 1.807) is 6.07 Å². The number of carboxylic acid groups (broad SMARTS) is 1. The highest BCUT2D eigenvalue weighted by Crippen LogP contribution is 2.25. The fourth-order valence-corrected chi connectivity index (χ4v) is 3.23. The molecule has 0 fully saturated rings. The highest BCUT2D eigenvalue weighted by atomic mass is 79.9. The van der Waals surface area contributed by atoms with Crippen molar-refractivity contribution in [3.63, 3.8) is 0 Å². The lowest BCUT2D eigenvalue weighted by atomic mass is 10.4. The molecular weight excluding hydrogens is 352 g/mol. The number of nitrogens with zero attached hydrogens (tertiary/aromatic N) is 1. The van der Waals surface area contributed by atoms with Crippen LogP contribution in [0.1, 0.15) is 16.3 Å². The lowest BCUT2D eigenvalue weighted by Gasteiger charge is -2.07. The highest BCUT2D eigenvalue weighted by Gasteiger charge is 2.24. The molecule has 9 heteroatoms. The van der Waals surface area contributed by atoms with Crippen LogP contribution in [0.4, 0.5) is 5.69 Å². The van der Waals surface area contributed by atoms with Gasteiger partial charge in [-0.25, -0.2) is 18.2 Å². The number of hydrogen-bond donors (Lipinski definition) is 2. The molecule has 0 aliphatic heterocycles. The molecule has 2 N–H and O–H groups in total. The minimum atomic E-state index is -3.96. The molecule has 0 aliphatic carbocycles. The van der Waals surface area contributed by atoms with E-state index in [1.165, 1.54) is 19.2 Å². The van der Waals surface area contributed by atoms with Crippen LogP contribution in [-0.2, 0) is 10.0 Å². The summed E-state index contributed by atoms with van der Waals surface area (Å²) < 4.78 is 31.9. The van der Waals surface area contributed by atoms with Crippen molar-refractivity contribution < 1.29 is 22.7 Å². The molecule has 2 aromatic rings. The minimum absolute atomic E-state index is 0.00471. The lowest BCUT2D eigenvalue weighted by molar-refractivity contribution is 0.0661. The van der Waals surface area contributed by atoms with Crippen LogP contribution in [0.2, 0.25) is 0 Å². The zero-order valence-corrected chi connectivity index (χ0v) is 12.5. The van der Waals surface area contributed by atoms with Crippen LogP contribution in [0.25, 0.3) is 0 Å². The molecule has 2 aromatic heterocycles. The van der Waals surface area contributed by atoms with E-state index in [2.05, 4.69) is 25.6 Å². The molecule has 0 saturated heterocycles. The van der Waals surface area contributed by atoms with Crippen molar-refractivity contribution in [3.8, 4) is 0 Å². The molecule has 0 unspecified atom stereocenters. The van der Waals surface area contributed by atoms with Gasteiger partial charge in [0.05, 0.1) is 5.69 Å². The Morgan fingerprint density at radius 2 is 2.20 bits per heavy atom. The highest BCUT2D eigenvalue weighted by molar-refractivity contribution is 9.10. The number of furan rings is 1. The molecule has 106 valence electrons. The molecule has 7 nitrogen and oxygen atoms in total. The van der Waals surface area contributed by atoms with E-state index in [9.17, 15) is 13.2 Å². The molecule has 0 spiro atoms. The summed E-state index contributed by atoms with van der Waals surface area (Å²) in [6.45, 7) is 1.37. The molecule has 0 aromatic carbocycles. The molecule has 0 bridgehead atoms. The first-order valence-electron chi connectivity index (χ1n) is 5.28. The first kappa shape index (κ1) is 14.5. The standard InChI is InChI=1S/C11H9BrN2O5S/c1-6-9(5-8(19-6)11(15)16)20(17,18)14-7-3-2-4-13-10(7)12/h2-5,14H,1H3,(H,15,16). The molecule has 2 heterocycles. The van der Waals surface area contributed by atoms with Crippen molar-refractivity contribution in [1.82, 2.24) is 4.98 Å². The average molecular weight is 361 g/mol. The number of aryl methyl sites for hydroxylation is 1. The van der Waals surface area contributed by atoms with Gasteiger partial charge in [-0.1, -0.05) is 0 Å².